The number of Topliss-reactive ketones (excluding diaryl/α,β-unsaturated/α-hetero) is 1. The maximum Gasteiger partial charge on any atom is 0.189 e. The Morgan fingerprint density at radius 3 is 2.80 bits per heavy atom. The van der Waals surface area contributed by atoms with Crippen molar-refractivity contribution in [3.63, 3.8) is 0 Å². The Morgan fingerprint density at radius 2 is 2.20 bits per heavy atom. The normalized spacial score (nSPS) is 12.6. The van der Waals surface area contributed by atoms with Gasteiger partial charge in [-0.1, -0.05) is 17.7 Å². The summed E-state index contributed by atoms with van der Waals surface area (Å²) in [5, 5.41) is 0. The van der Waals surface area contributed by atoms with Gasteiger partial charge in [0.05, 0.1) is 15.3 Å². The van der Waals surface area contributed by atoms with E-state index in [9.17, 15) is 4.79 Å². The summed E-state index contributed by atoms with van der Waals surface area (Å²) in [6.45, 7) is 2.72. The van der Waals surface area contributed by atoms with Crippen molar-refractivity contribution < 1.29 is 4.79 Å². The van der Waals surface area contributed by atoms with Crippen molar-refractivity contribution in [2.45, 2.75) is 19.4 Å². The minimum absolute atomic E-state index is 0.116. The number of ketones is 1. The van der Waals surface area contributed by atoms with E-state index in [1.165, 1.54) is 11.3 Å². The first-order valence-electron chi connectivity index (χ1n) is 6.47. The topological polar surface area (TPSA) is 33.2 Å². The van der Waals surface area contributed by atoms with Crippen LogP contribution in [0.2, 0.25) is 4.34 Å². The highest BCUT2D eigenvalue weighted by Gasteiger charge is 2.20. The molecule has 2 heterocycles. The monoisotopic (exact) mass is 308 g/mol. The molecule has 0 aromatic carbocycles. The quantitative estimate of drug-likeness (QED) is 0.765. The summed E-state index contributed by atoms with van der Waals surface area (Å²) in [5.41, 5.74) is 1.04. The molecule has 0 spiro atoms. The van der Waals surface area contributed by atoms with Crippen LogP contribution in [-0.4, -0.2) is 35.3 Å². The van der Waals surface area contributed by atoms with Gasteiger partial charge in [-0.25, -0.2) is 0 Å². The standard InChI is InChI=1S/C15H17ClN2OS/c1-11(15(19)13-6-7-14(16)20-13)18(2)10-8-12-5-3-4-9-17-12/h3-7,9,11H,8,10H2,1-2H3. The molecule has 20 heavy (non-hydrogen) atoms. The van der Waals surface area contributed by atoms with Crippen LogP contribution in [0.4, 0.5) is 0 Å². The zero-order valence-corrected chi connectivity index (χ0v) is 13.1. The van der Waals surface area contributed by atoms with Crippen LogP contribution in [0.1, 0.15) is 22.3 Å². The fourth-order valence-corrected chi connectivity index (χ4v) is 2.95. The summed E-state index contributed by atoms with van der Waals surface area (Å²) in [6, 6.07) is 9.27. The Bertz CT molecular complexity index is 570. The minimum Gasteiger partial charge on any atom is -0.296 e. The number of aromatic nitrogens is 1. The number of hydrogen-bond acceptors (Lipinski definition) is 4. The van der Waals surface area contributed by atoms with Gasteiger partial charge in [-0.2, -0.15) is 0 Å². The predicted octanol–water partition coefficient (Wildman–Crippen LogP) is 3.54. The predicted molar refractivity (Wildman–Crippen MR) is 83.7 cm³/mol. The van der Waals surface area contributed by atoms with Gasteiger partial charge in [-0.15, -0.1) is 11.3 Å². The highest BCUT2D eigenvalue weighted by molar-refractivity contribution is 7.18. The van der Waals surface area contributed by atoms with Gasteiger partial charge in [0.1, 0.15) is 0 Å². The summed E-state index contributed by atoms with van der Waals surface area (Å²) in [5.74, 6) is 0.116. The summed E-state index contributed by atoms with van der Waals surface area (Å²) in [4.78, 5) is 19.4. The molecule has 0 aliphatic rings. The van der Waals surface area contributed by atoms with E-state index in [0.717, 1.165) is 18.7 Å². The van der Waals surface area contributed by atoms with E-state index < -0.39 is 0 Å². The number of likely N-dealkylation sites (N-methyl/N-ethyl adjacent to an activating group) is 1. The Labute approximate surface area is 128 Å². The Morgan fingerprint density at radius 1 is 1.40 bits per heavy atom. The SMILES string of the molecule is CC(C(=O)c1ccc(Cl)s1)N(C)CCc1ccccn1. The number of thiophene rings is 1. The smallest absolute Gasteiger partial charge is 0.189 e. The Hall–Kier alpha value is -1.23. The molecule has 2 aromatic rings. The molecular formula is C15H17ClN2OS. The molecule has 0 fully saturated rings. The van der Waals surface area contributed by atoms with Gasteiger partial charge in [-0.3, -0.25) is 14.7 Å². The summed E-state index contributed by atoms with van der Waals surface area (Å²) in [7, 11) is 1.96. The highest BCUT2D eigenvalue weighted by Crippen LogP contribution is 2.23. The molecule has 0 radical (unpaired) electrons. The number of halogens is 1. The van der Waals surface area contributed by atoms with Gasteiger partial charge in [0.15, 0.2) is 5.78 Å². The third kappa shape index (κ3) is 3.88. The second-order valence-corrected chi connectivity index (χ2v) is 6.41. The van der Waals surface area contributed by atoms with Crippen molar-refractivity contribution in [3.8, 4) is 0 Å². The van der Waals surface area contributed by atoms with Gasteiger partial charge in [0.2, 0.25) is 0 Å². The van der Waals surface area contributed by atoms with Crippen molar-refractivity contribution in [2.24, 2.45) is 0 Å². The molecule has 0 aliphatic heterocycles. The van der Waals surface area contributed by atoms with E-state index in [1.54, 1.807) is 18.3 Å². The Balaban J connectivity index is 1.91. The second-order valence-electron chi connectivity index (χ2n) is 4.70. The van der Waals surface area contributed by atoms with Crippen molar-refractivity contribution in [3.05, 3.63) is 51.4 Å². The average Bonchev–Trinajstić information content (AvgIpc) is 2.91. The van der Waals surface area contributed by atoms with E-state index >= 15 is 0 Å². The van der Waals surface area contributed by atoms with Gasteiger partial charge >= 0.3 is 0 Å². The summed E-state index contributed by atoms with van der Waals surface area (Å²) >= 11 is 7.21. The van der Waals surface area contributed by atoms with Crippen LogP contribution in [0.3, 0.4) is 0 Å². The minimum atomic E-state index is -0.159. The number of pyridine rings is 1. The van der Waals surface area contributed by atoms with Crippen molar-refractivity contribution >= 4 is 28.7 Å². The molecule has 0 amide bonds. The van der Waals surface area contributed by atoms with Gasteiger partial charge < -0.3 is 0 Å². The lowest BCUT2D eigenvalue weighted by atomic mass is 10.1. The molecule has 2 rings (SSSR count). The third-order valence-electron chi connectivity index (χ3n) is 3.30. The highest BCUT2D eigenvalue weighted by atomic mass is 35.5. The van der Waals surface area contributed by atoms with Gasteiger partial charge in [0, 0.05) is 24.9 Å². The second kappa shape index (κ2) is 6.97. The largest absolute Gasteiger partial charge is 0.296 e. The van der Waals surface area contributed by atoms with Crippen LogP contribution in [0, 0.1) is 0 Å². The number of hydrogen-bond donors (Lipinski definition) is 0. The van der Waals surface area contributed by atoms with E-state index in [2.05, 4.69) is 4.98 Å². The molecule has 2 aromatic heterocycles. The number of rotatable bonds is 6. The first kappa shape index (κ1) is 15.2. The molecule has 0 bridgehead atoms. The maximum atomic E-state index is 12.3. The fourth-order valence-electron chi connectivity index (χ4n) is 1.88. The number of nitrogens with zero attached hydrogens (tertiary/aromatic N) is 2. The van der Waals surface area contributed by atoms with Gasteiger partial charge in [0.25, 0.3) is 0 Å². The zero-order chi connectivity index (χ0) is 14.5. The van der Waals surface area contributed by atoms with E-state index in [1.807, 2.05) is 37.1 Å². The van der Waals surface area contributed by atoms with Crippen LogP contribution in [0.5, 0.6) is 0 Å². The van der Waals surface area contributed by atoms with Crippen molar-refractivity contribution in [1.82, 2.24) is 9.88 Å². The first-order valence-corrected chi connectivity index (χ1v) is 7.67. The molecule has 5 heteroatoms. The molecule has 0 N–H and O–H groups in total. The van der Waals surface area contributed by atoms with Crippen LogP contribution >= 0.6 is 22.9 Å². The maximum absolute atomic E-state index is 12.3. The van der Waals surface area contributed by atoms with Crippen LogP contribution in [0.15, 0.2) is 36.5 Å². The lowest BCUT2D eigenvalue weighted by molar-refractivity contribution is 0.0874. The third-order valence-corrected chi connectivity index (χ3v) is 4.55. The van der Waals surface area contributed by atoms with E-state index in [-0.39, 0.29) is 11.8 Å². The molecule has 0 saturated heterocycles. The molecule has 1 atom stereocenters. The van der Waals surface area contributed by atoms with E-state index in [4.69, 9.17) is 11.6 Å². The number of carbonyl (C=O) groups excluding carboxylic acids is 1. The van der Waals surface area contributed by atoms with Crippen molar-refractivity contribution in [2.75, 3.05) is 13.6 Å². The molecule has 0 aliphatic carbocycles. The lowest BCUT2D eigenvalue weighted by Crippen LogP contribution is -2.37. The molecular weight excluding hydrogens is 292 g/mol. The molecule has 1 unspecified atom stereocenters. The Kier molecular flexibility index (Phi) is 5.29. The van der Waals surface area contributed by atoms with Crippen LogP contribution in [0.25, 0.3) is 0 Å². The van der Waals surface area contributed by atoms with Crippen molar-refractivity contribution in [1.29, 1.82) is 0 Å². The molecule has 106 valence electrons. The van der Waals surface area contributed by atoms with Crippen LogP contribution < -0.4 is 0 Å². The van der Waals surface area contributed by atoms with E-state index in [0.29, 0.717) is 9.21 Å². The fraction of sp³-hybridized carbons (Fsp3) is 0.333. The average molecular weight is 309 g/mol. The zero-order valence-electron chi connectivity index (χ0n) is 11.5. The first-order chi connectivity index (χ1) is 9.58. The van der Waals surface area contributed by atoms with Gasteiger partial charge in [-0.05, 0) is 38.2 Å². The van der Waals surface area contributed by atoms with Crippen LogP contribution in [-0.2, 0) is 6.42 Å². The lowest BCUT2D eigenvalue weighted by Gasteiger charge is -2.22. The molecule has 3 nitrogen and oxygen atoms in total. The number of carbonyl (C=O) groups is 1. The summed E-state index contributed by atoms with van der Waals surface area (Å²) < 4.78 is 0.650. The summed E-state index contributed by atoms with van der Waals surface area (Å²) in [6.07, 6.45) is 2.62. The molecule has 0 saturated carbocycles.